The molecule has 0 aromatic heterocycles. The Bertz CT molecular complexity index is 667. The number of aliphatic imine (C=N–C) groups is 1. The molecule has 0 aliphatic carbocycles. The molecule has 0 saturated carbocycles. The highest BCUT2D eigenvalue weighted by molar-refractivity contribution is 5.80. The Labute approximate surface area is 182 Å². The zero-order valence-corrected chi connectivity index (χ0v) is 19.7. The van der Waals surface area contributed by atoms with Gasteiger partial charge in [-0.1, -0.05) is 19.9 Å². The van der Waals surface area contributed by atoms with E-state index in [1.807, 2.05) is 13.1 Å². The zero-order valence-electron chi connectivity index (χ0n) is 19.7. The van der Waals surface area contributed by atoms with Crippen molar-refractivity contribution in [2.24, 2.45) is 4.99 Å². The minimum Gasteiger partial charge on any atom is -0.490 e. The van der Waals surface area contributed by atoms with Gasteiger partial charge in [-0.25, -0.2) is 0 Å². The van der Waals surface area contributed by atoms with E-state index in [0.717, 1.165) is 62.0 Å². The van der Waals surface area contributed by atoms with Crippen molar-refractivity contribution >= 4 is 5.96 Å². The maximum atomic E-state index is 5.95. The van der Waals surface area contributed by atoms with Crippen molar-refractivity contribution in [1.29, 1.82) is 0 Å². The second kappa shape index (κ2) is 12.6. The molecule has 0 radical (unpaired) electrons. The molecule has 0 bridgehead atoms. The van der Waals surface area contributed by atoms with Gasteiger partial charge in [-0.05, 0) is 51.6 Å². The molecule has 2 atom stereocenters. The summed E-state index contributed by atoms with van der Waals surface area (Å²) >= 11 is 0. The summed E-state index contributed by atoms with van der Waals surface area (Å²) in [7, 11) is 6.19. The van der Waals surface area contributed by atoms with Gasteiger partial charge in [0.05, 0.1) is 19.3 Å². The van der Waals surface area contributed by atoms with E-state index in [1.165, 1.54) is 0 Å². The van der Waals surface area contributed by atoms with E-state index in [1.54, 1.807) is 0 Å². The molecule has 2 unspecified atom stereocenters. The zero-order chi connectivity index (χ0) is 21.9. The standard InChI is InChI=1S/C23H41N5O2/c1-7-13-29-21-10-9-19(15-22(21)30-14-8-2)18(3)26-23(24-4)25-16-20-17-27(5)11-12-28(20)6/h9-10,15,18,20H,7-8,11-14,16-17H2,1-6H3,(H2,24,25,26). The molecule has 1 heterocycles. The molecule has 1 saturated heterocycles. The van der Waals surface area contributed by atoms with Crippen molar-refractivity contribution in [3.05, 3.63) is 23.8 Å². The Balaban J connectivity index is 1.99. The summed E-state index contributed by atoms with van der Waals surface area (Å²) in [5.41, 5.74) is 1.14. The van der Waals surface area contributed by atoms with Crippen LogP contribution in [-0.4, -0.2) is 82.3 Å². The Morgan fingerprint density at radius 1 is 1.13 bits per heavy atom. The highest BCUT2D eigenvalue weighted by atomic mass is 16.5. The molecule has 7 nitrogen and oxygen atoms in total. The highest BCUT2D eigenvalue weighted by Crippen LogP contribution is 2.31. The van der Waals surface area contributed by atoms with Gasteiger partial charge in [0.15, 0.2) is 17.5 Å². The fourth-order valence-corrected chi connectivity index (χ4v) is 3.47. The molecule has 170 valence electrons. The number of rotatable bonds is 10. The molecule has 1 aliphatic heterocycles. The number of piperazine rings is 1. The predicted molar refractivity (Wildman–Crippen MR) is 125 cm³/mol. The fraction of sp³-hybridized carbons (Fsp3) is 0.696. The first-order chi connectivity index (χ1) is 14.5. The van der Waals surface area contributed by atoms with Crippen LogP contribution in [0.1, 0.15) is 45.2 Å². The maximum Gasteiger partial charge on any atom is 0.191 e. The van der Waals surface area contributed by atoms with Crippen LogP contribution >= 0.6 is 0 Å². The normalized spacial score (nSPS) is 19.4. The summed E-state index contributed by atoms with van der Waals surface area (Å²) in [6.45, 7) is 11.9. The minimum atomic E-state index is 0.0900. The topological polar surface area (TPSA) is 61.4 Å². The van der Waals surface area contributed by atoms with Gasteiger partial charge in [0.1, 0.15) is 0 Å². The lowest BCUT2D eigenvalue weighted by Crippen LogP contribution is -2.55. The monoisotopic (exact) mass is 419 g/mol. The molecular formula is C23H41N5O2. The molecule has 2 rings (SSSR count). The van der Waals surface area contributed by atoms with Crippen molar-refractivity contribution in [2.75, 3.05) is 60.5 Å². The van der Waals surface area contributed by atoms with Gasteiger partial charge in [0, 0.05) is 39.3 Å². The second-order valence-electron chi connectivity index (χ2n) is 8.12. The number of hydrogen-bond acceptors (Lipinski definition) is 5. The molecule has 0 spiro atoms. The van der Waals surface area contributed by atoms with Gasteiger partial charge in [-0.15, -0.1) is 0 Å². The van der Waals surface area contributed by atoms with Crippen LogP contribution in [0, 0.1) is 0 Å². The van der Waals surface area contributed by atoms with Gasteiger partial charge in [0.25, 0.3) is 0 Å². The van der Waals surface area contributed by atoms with Gasteiger partial charge in [0.2, 0.25) is 0 Å². The third-order valence-electron chi connectivity index (χ3n) is 5.45. The largest absolute Gasteiger partial charge is 0.490 e. The van der Waals surface area contributed by atoms with Crippen LogP contribution in [0.3, 0.4) is 0 Å². The summed E-state index contributed by atoms with van der Waals surface area (Å²) in [5, 5.41) is 7.00. The highest BCUT2D eigenvalue weighted by Gasteiger charge is 2.22. The first-order valence-corrected chi connectivity index (χ1v) is 11.2. The number of ether oxygens (including phenoxy) is 2. The summed E-state index contributed by atoms with van der Waals surface area (Å²) in [6.07, 6.45) is 1.94. The Kier molecular flexibility index (Phi) is 10.2. The average molecular weight is 420 g/mol. The van der Waals surface area contributed by atoms with Crippen molar-refractivity contribution in [3.63, 3.8) is 0 Å². The van der Waals surface area contributed by atoms with E-state index in [-0.39, 0.29) is 6.04 Å². The maximum absolute atomic E-state index is 5.95. The molecule has 1 aromatic carbocycles. The number of hydrogen-bond donors (Lipinski definition) is 2. The number of nitrogens with zero attached hydrogens (tertiary/aromatic N) is 3. The Hall–Kier alpha value is -1.99. The van der Waals surface area contributed by atoms with E-state index in [9.17, 15) is 0 Å². The lowest BCUT2D eigenvalue weighted by molar-refractivity contribution is 0.116. The van der Waals surface area contributed by atoms with E-state index in [2.05, 4.69) is 72.4 Å². The van der Waals surface area contributed by atoms with Gasteiger partial charge in [-0.3, -0.25) is 9.89 Å². The SMILES string of the molecule is CCCOc1ccc(C(C)NC(=NC)NCC2CN(C)CCN2C)cc1OCCC. The third kappa shape index (κ3) is 7.36. The van der Waals surface area contributed by atoms with E-state index >= 15 is 0 Å². The van der Waals surface area contributed by atoms with Crippen LogP contribution in [0.15, 0.2) is 23.2 Å². The van der Waals surface area contributed by atoms with Gasteiger partial charge >= 0.3 is 0 Å². The molecule has 0 amide bonds. The molecule has 2 N–H and O–H groups in total. The smallest absolute Gasteiger partial charge is 0.191 e. The molecule has 1 fully saturated rings. The molecule has 30 heavy (non-hydrogen) atoms. The number of likely N-dealkylation sites (N-methyl/N-ethyl adjacent to an activating group) is 2. The second-order valence-corrected chi connectivity index (χ2v) is 8.12. The summed E-state index contributed by atoms with van der Waals surface area (Å²) in [4.78, 5) is 9.21. The first-order valence-electron chi connectivity index (χ1n) is 11.2. The van der Waals surface area contributed by atoms with Crippen LogP contribution in [0.25, 0.3) is 0 Å². The Morgan fingerprint density at radius 3 is 2.50 bits per heavy atom. The summed E-state index contributed by atoms with van der Waals surface area (Å²) < 4.78 is 11.8. The van der Waals surface area contributed by atoms with Crippen molar-refractivity contribution < 1.29 is 9.47 Å². The molecule has 1 aliphatic rings. The number of guanidine groups is 1. The average Bonchev–Trinajstić information content (AvgIpc) is 2.75. The summed E-state index contributed by atoms with van der Waals surface area (Å²) in [5.74, 6) is 2.44. The van der Waals surface area contributed by atoms with Crippen molar-refractivity contribution in [2.45, 2.75) is 45.7 Å². The van der Waals surface area contributed by atoms with Crippen LogP contribution in [0.2, 0.25) is 0 Å². The summed E-state index contributed by atoms with van der Waals surface area (Å²) in [6, 6.07) is 6.75. The van der Waals surface area contributed by atoms with Crippen molar-refractivity contribution in [1.82, 2.24) is 20.4 Å². The Morgan fingerprint density at radius 2 is 1.83 bits per heavy atom. The fourth-order valence-electron chi connectivity index (χ4n) is 3.47. The van der Waals surface area contributed by atoms with E-state index in [0.29, 0.717) is 19.3 Å². The molecular weight excluding hydrogens is 378 g/mol. The van der Waals surface area contributed by atoms with Crippen LogP contribution in [-0.2, 0) is 0 Å². The van der Waals surface area contributed by atoms with Crippen molar-refractivity contribution in [3.8, 4) is 11.5 Å². The number of benzene rings is 1. The van der Waals surface area contributed by atoms with Gasteiger partial charge < -0.3 is 25.0 Å². The van der Waals surface area contributed by atoms with Crippen LogP contribution in [0.5, 0.6) is 11.5 Å². The van der Waals surface area contributed by atoms with E-state index in [4.69, 9.17) is 9.47 Å². The predicted octanol–water partition coefficient (Wildman–Crippen LogP) is 2.74. The van der Waals surface area contributed by atoms with Crippen LogP contribution < -0.4 is 20.1 Å². The van der Waals surface area contributed by atoms with Gasteiger partial charge in [-0.2, -0.15) is 0 Å². The van der Waals surface area contributed by atoms with E-state index < -0.39 is 0 Å². The minimum absolute atomic E-state index is 0.0900. The lowest BCUT2D eigenvalue weighted by Gasteiger charge is -2.38. The lowest BCUT2D eigenvalue weighted by atomic mass is 10.1. The quantitative estimate of drug-likeness (QED) is 0.449. The molecule has 1 aromatic rings. The third-order valence-corrected chi connectivity index (χ3v) is 5.45. The number of nitrogens with one attached hydrogen (secondary N) is 2. The first kappa shape index (κ1) is 24.3. The van der Waals surface area contributed by atoms with Crippen LogP contribution in [0.4, 0.5) is 0 Å². The molecule has 7 heteroatoms.